The second kappa shape index (κ2) is 5.53. The van der Waals surface area contributed by atoms with Crippen molar-refractivity contribution in [3.63, 3.8) is 0 Å². The van der Waals surface area contributed by atoms with Crippen molar-refractivity contribution in [3.05, 3.63) is 30.6 Å². The van der Waals surface area contributed by atoms with E-state index in [-0.39, 0.29) is 0 Å². The minimum Gasteiger partial charge on any atom is -0.382 e. The molecule has 1 aliphatic rings. The van der Waals surface area contributed by atoms with Crippen LogP contribution in [0.2, 0.25) is 0 Å². The van der Waals surface area contributed by atoms with Crippen LogP contribution in [0.1, 0.15) is 19.8 Å². The van der Waals surface area contributed by atoms with Crippen LogP contribution < -0.4 is 5.32 Å². The Kier molecular flexibility index (Phi) is 3.60. The first-order valence-electron chi connectivity index (χ1n) is 7.05. The van der Waals surface area contributed by atoms with Gasteiger partial charge in [-0.1, -0.05) is 6.92 Å². The Bertz CT molecular complexity index is 547. The van der Waals surface area contributed by atoms with E-state index in [4.69, 9.17) is 0 Å². The van der Waals surface area contributed by atoms with Crippen molar-refractivity contribution >= 4 is 16.7 Å². The zero-order valence-electron chi connectivity index (χ0n) is 11.3. The molecule has 1 N–H and O–H groups in total. The van der Waals surface area contributed by atoms with E-state index in [1.807, 2.05) is 6.07 Å². The van der Waals surface area contributed by atoms with E-state index in [1.165, 1.54) is 25.9 Å². The third kappa shape index (κ3) is 2.84. The topological polar surface area (TPSA) is 41.0 Å². The molecule has 0 unspecified atom stereocenters. The van der Waals surface area contributed by atoms with Crippen LogP contribution in [0.25, 0.3) is 11.0 Å². The Morgan fingerprint density at radius 3 is 2.63 bits per heavy atom. The predicted molar refractivity (Wildman–Crippen MR) is 78.3 cm³/mol. The summed E-state index contributed by atoms with van der Waals surface area (Å²) in [5.41, 5.74) is 3.07. The number of nitrogens with zero attached hydrogens (tertiary/aromatic N) is 3. The highest BCUT2D eigenvalue weighted by Gasteiger charge is 2.17. The molecule has 0 saturated carbocycles. The molecule has 0 radical (unpaired) electrons. The molecule has 2 aromatic rings. The highest BCUT2D eigenvalue weighted by Crippen LogP contribution is 2.19. The molecule has 3 rings (SSSR count). The summed E-state index contributed by atoms with van der Waals surface area (Å²) in [6.45, 7) is 5.79. The monoisotopic (exact) mass is 256 g/mol. The second-order valence-electron chi connectivity index (χ2n) is 5.11. The van der Waals surface area contributed by atoms with Crippen LogP contribution in [0.4, 0.5) is 5.69 Å². The lowest BCUT2D eigenvalue weighted by Crippen LogP contribution is -2.38. The fourth-order valence-electron chi connectivity index (χ4n) is 2.68. The lowest BCUT2D eigenvalue weighted by Gasteiger charge is -2.32. The maximum Gasteiger partial charge on any atom is 0.0907 e. The molecule has 1 aliphatic heterocycles. The molecule has 1 fully saturated rings. The first kappa shape index (κ1) is 12.4. The number of hydrogen-bond donors (Lipinski definition) is 1. The first-order chi connectivity index (χ1) is 9.35. The summed E-state index contributed by atoms with van der Waals surface area (Å²) in [7, 11) is 0. The maximum absolute atomic E-state index is 4.35. The lowest BCUT2D eigenvalue weighted by molar-refractivity contribution is 0.229. The van der Waals surface area contributed by atoms with Crippen molar-refractivity contribution in [2.45, 2.75) is 25.8 Å². The van der Waals surface area contributed by atoms with Crippen LogP contribution in [-0.4, -0.2) is 40.5 Å². The summed E-state index contributed by atoms with van der Waals surface area (Å²) < 4.78 is 0. The molecule has 4 heteroatoms. The fourth-order valence-corrected chi connectivity index (χ4v) is 2.68. The molecule has 19 heavy (non-hydrogen) atoms. The van der Waals surface area contributed by atoms with Gasteiger partial charge in [0.05, 0.1) is 11.0 Å². The number of benzene rings is 1. The first-order valence-corrected chi connectivity index (χ1v) is 7.05. The van der Waals surface area contributed by atoms with E-state index in [9.17, 15) is 0 Å². The number of hydrogen-bond acceptors (Lipinski definition) is 4. The zero-order chi connectivity index (χ0) is 13.1. The molecule has 4 nitrogen and oxygen atoms in total. The molecular weight excluding hydrogens is 236 g/mol. The Morgan fingerprint density at radius 2 is 1.89 bits per heavy atom. The van der Waals surface area contributed by atoms with Crippen molar-refractivity contribution in [1.29, 1.82) is 0 Å². The average Bonchev–Trinajstić information content (AvgIpc) is 2.48. The van der Waals surface area contributed by atoms with Crippen molar-refractivity contribution in [2.75, 3.05) is 25.0 Å². The highest BCUT2D eigenvalue weighted by atomic mass is 15.1. The molecule has 0 aliphatic carbocycles. The minimum atomic E-state index is 0.580. The van der Waals surface area contributed by atoms with E-state index >= 15 is 0 Å². The van der Waals surface area contributed by atoms with Gasteiger partial charge >= 0.3 is 0 Å². The smallest absolute Gasteiger partial charge is 0.0907 e. The van der Waals surface area contributed by atoms with Crippen LogP contribution in [-0.2, 0) is 0 Å². The standard InChI is InChI=1S/C15H20N4/c1-2-19-9-5-12(6-10-19)18-13-3-4-14-15(11-13)17-8-7-16-14/h3-4,7-8,11-12,18H,2,5-6,9-10H2,1H3. The number of likely N-dealkylation sites (tertiary alicyclic amines) is 1. The van der Waals surface area contributed by atoms with Crippen LogP contribution in [0.3, 0.4) is 0 Å². The summed E-state index contributed by atoms with van der Waals surface area (Å²) >= 11 is 0. The average molecular weight is 256 g/mol. The fraction of sp³-hybridized carbons (Fsp3) is 0.467. The van der Waals surface area contributed by atoms with Crippen molar-refractivity contribution in [2.24, 2.45) is 0 Å². The third-order valence-corrected chi connectivity index (χ3v) is 3.87. The number of anilines is 1. The summed E-state index contributed by atoms with van der Waals surface area (Å²) in [6.07, 6.45) is 5.90. The van der Waals surface area contributed by atoms with Gasteiger partial charge in [0.1, 0.15) is 0 Å². The normalized spacial score (nSPS) is 17.7. The van der Waals surface area contributed by atoms with Gasteiger partial charge in [0.2, 0.25) is 0 Å². The van der Waals surface area contributed by atoms with E-state index in [1.54, 1.807) is 12.4 Å². The molecule has 0 bridgehead atoms. The summed E-state index contributed by atoms with van der Waals surface area (Å²) in [4.78, 5) is 11.1. The minimum absolute atomic E-state index is 0.580. The van der Waals surface area contributed by atoms with Crippen LogP contribution in [0.15, 0.2) is 30.6 Å². The number of nitrogens with one attached hydrogen (secondary N) is 1. The second-order valence-corrected chi connectivity index (χ2v) is 5.11. The molecule has 1 aromatic carbocycles. The molecule has 0 amide bonds. The number of aromatic nitrogens is 2. The van der Waals surface area contributed by atoms with Gasteiger partial charge in [-0.3, -0.25) is 9.97 Å². The maximum atomic E-state index is 4.35. The van der Waals surface area contributed by atoms with E-state index in [0.717, 1.165) is 23.3 Å². The molecular formula is C15H20N4. The van der Waals surface area contributed by atoms with Gasteiger partial charge in [0.25, 0.3) is 0 Å². The Balaban J connectivity index is 1.68. The van der Waals surface area contributed by atoms with Crippen molar-refractivity contribution in [1.82, 2.24) is 14.9 Å². The van der Waals surface area contributed by atoms with Crippen molar-refractivity contribution < 1.29 is 0 Å². The van der Waals surface area contributed by atoms with Crippen LogP contribution >= 0.6 is 0 Å². The lowest BCUT2D eigenvalue weighted by atomic mass is 10.0. The molecule has 0 atom stereocenters. The van der Waals surface area contributed by atoms with Crippen LogP contribution in [0.5, 0.6) is 0 Å². The quantitative estimate of drug-likeness (QED) is 0.916. The van der Waals surface area contributed by atoms with Gasteiger partial charge < -0.3 is 10.2 Å². The number of fused-ring (bicyclic) bond motifs is 1. The van der Waals surface area contributed by atoms with E-state index in [0.29, 0.717) is 6.04 Å². The van der Waals surface area contributed by atoms with Crippen molar-refractivity contribution in [3.8, 4) is 0 Å². The molecule has 1 aromatic heterocycles. The van der Waals surface area contributed by atoms with Gasteiger partial charge in [0, 0.05) is 37.2 Å². The van der Waals surface area contributed by atoms with E-state index < -0.39 is 0 Å². The summed E-state index contributed by atoms with van der Waals surface area (Å²) in [5.74, 6) is 0. The zero-order valence-corrected chi connectivity index (χ0v) is 11.3. The predicted octanol–water partition coefficient (Wildman–Crippen LogP) is 2.53. The Morgan fingerprint density at radius 1 is 1.16 bits per heavy atom. The molecule has 2 heterocycles. The van der Waals surface area contributed by atoms with E-state index in [2.05, 4.69) is 39.2 Å². The van der Waals surface area contributed by atoms with Gasteiger partial charge in [-0.15, -0.1) is 0 Å². The molecule has 1 saturated heterocycles. The third-order valence-electron chi connectivity index (χ3n) is 3.87. The van der Waals surface area contributed by atoms with Gasteiger partial charge in [0.15, 0.2) is 0 Å². The summed E-state index contributed by atoms with van der Waals surface area (Å²) in [6, 6.07) is 6.81. The van der Waals surface area contributed by atoms with Gasteiger partial charge in [-0.2, -0.15) is 0 Å². The number of piperidine rings is 1. The summed E-state index contributed by atoms with van der Waals surface area (Å²) in [5, 5.41) is 3.62. The SMILES string of the molecule is CCN1CCC(Nc2ccc3nccnc3c2)CC1. The number of rotatable bonds is 3. The van der Waals surface area contributed by atoms with Gasteiger partial charge in [-0.25, -0.2) is 0 Å². The molecule has 100 valence electrons. The highest BCUT2D eigenvalue weighted by molar-refractivity contribution is 5.78. The Labute approximate surface area is 113 Å². The largest absolute Gasteiger partial charge is 0.382 e. The van der Waals surface area contributed by atoms with Gasteiger partial charge in [-0.05, 0) is 37.6 Å². The Hall–Kier alpha value is -1.68. The van der Waals surface area contributed by atoms with Crippen LogP contribution in [0, 0.1) is 0 Å². The molecule has 0 spiro atoms.